The van der Waals surface area contributed by atoms with Gasteiger partial charge in [-0.15, -0.1) is 5.10 Å². The molecule has 0 saturated carbocycles. The van der Waals surface area contributed by atoms with Crippen molar-refractivity contribution in [3.05, 3.63) is 99.3 Å². The highest BCUT2D eigenvalue weighted by Crippen LogP contribution is 2.28. The minimum absolute atomic E-state index is 0.0516. The smallest absolute Gasteiger partial charge is 0.292 e. The van der Waals surface area contributed by atoms with Crippen LogP contribution in [0.4, 0.5) is 0 Å². The number of hydrogen-bond acceptors (Lipinski definition) is 5. The molecule has 3 aromatic heterocycles. The van der Waals surface area contributed by atoms with Crippen molar-refractivity contribution in [2.75, 3.05) is 0 Å². The molecule has 0 spiro atoms. The first-order chi connectivity index (χ1) is 16.7. The zero-order chi connectivity index (χ0) is 23.5. The molecule has 0 unspecified atom stereocenters. The number of benzene rings is 2. The van der Waals surface area contributed by atoms with Crippen molar-refractivity contribution in [3.63, 3.8) is 0 Å². The number of hydrogen-bond donors (Lipinski definition) is 1. The SMILES string of the molecule is CCCc1cn(-c2ccccc2Br)c(=O)n1Cc1ccc(-c2ncccc2-c2nnn[nH]2)cc1. The Morgan fingerprint density at radius 1 is 1.03 bits per heavy atom. The Bertz CT molecular complexity index is 1470. The number of para-hydroxylation sites is 1. The van der Waals surface area contributed by atoms with Crippen LogP contribution in [0.25, 0.3) is 28.3 Å². The van der Waals surface area contributed by atoms with Gasteiger partial charge in [0.05, 0.1) is 17.9 Å². The van der Waals surface area contributed by atoms with E-state index in [0.29, 0.717) is 12.4 Å². The molecule has 3 heterocycles. The molecule has 0 fully saturated rings. The van der Waals surface area contributed by atoms with E-state index in [2.05, 4.69) is 48.5 Å². The highest BCUT2D eigenvalue weighted by molar-refractivity contribution is 9.10. The number of imidazole rings is 1. The van der Waals surface area contributed by atoms with Crippen LogP contribution in [0, 0.1) is 0 Å². The summed E-state index contributed by atoms with van der Waals surface area (Å²) in [5.41, 5.74) is 5.39. The van der Waals surface area contributed by atoms with Crippen molar-refractivity contribution in [1.82, 2.24) is 34.7 Å². The highest BCUT2D eigenvalue weighted by Gasteiger charge is 2.15. The van der Waals surface area contributed by atoms with E-state index in [1.807, 2.05) is 71.4 Å². The van der Waals surface area contributed by atoms with Crippen molar-refractivity contribution < 1.29 is 0 Å². The second kappa shape index (κ2) is 9.56. The minimum atomic E-state index is -0.0516. The molecule has 0 atom stereocenters. The molecule has 1 N–H and O–H groups in total. The average Bonchev–Trinajstić information content (AvgIpc) is 3.50. The molecule has 0 amide bonds. The molecule has 8 nitrogen and oxygen atoms in total. The number of H-pyrrole nitrogens is 1. The zero-order valence-electron chi connectivity index (χ0n) is 18.5. The molecule has 0 saturated heterocycles. The van der Waals surface area contributed by atoms with Crippen LogP contribution in [0.3, 0.4) is 0 Å². The zero-order valence-corrected chi connectivity index (χ0v) is 20.1. The van der Waals surface area contributed by atoms with Crippen LogP contribution in [0.15, 0.2) is 82.3 Å². The molecule has 9 heteroatoms. The fraction of sp³-hybridized carbons (Fsp3) is 0.160. The van der Waals surface area contributed by atoms with Crippen LogP contribution in [-0.2, 0) is 13.0 Å². The lowest BCUT2D eigenvalue weighted by Crippen LogP contribution is -2.25. The van der Waals surface area contributed by atoms with E-state index in [4.69, 9.17) is 0 Å². The van der Waals surface area contributed by atoms with Crippen LogP contribution < -0.4 is 5.69 Å². The van der Waals surface area contributed by atoms with Gasteiger partial charge in [-0.05, 0) is 62.6 Å². The Kier molecular flexibility index (Phi) is 6.18. The summed E-state index contributed by atoms with van der Waals surface area (Å²) in [6.07, 6.45) is 5.48. The van der Waals surface area contributed by atoms with Gasteiger partial charge in [0.25, 0.3) is 0 Å². The van der Waals surface area contributed by atoms with Gasteiger partial charge in [-0.25, -0.2) is 9.89 Å². The van der Waals surface area contributed by atoms with Gasteiger partial charge in [-0.1, -0.05) is 49.7 Å². The lowest BCUT2D eigenvalue weighted by atomic mass is 10.0. The van der Waals surface area contributed by atoms with Gasteiger partial charge < -0.3 is 0 Å². The Morgan fingerprint density at radius 3 is 2.59 bits per heavy atom. The summed E-state index contributed by atoms with van der Waals surface area (Å²) in [6.45, 7) is 2.61. The van der Waals surface area contributed by atoms with Crippen LogP contribution in [-0.4, -0.2) is 34.7 Å². The first-order valence-corrected chi connectivity index (χ1v) is 11.8. The fourth-order valence-electron chi connectivity index (χ4n) is 4.02. The minimum Gasteiger partial charge on any atom is -0.292 e. The maximum atomic E-state index is 13.4. The fourth-order valence-corrected chi connectivity index (χ4v) is 4.50. The second-order valence-corrected chi connectivity index (χ2v) is 8.76. The molecule has 5 aromatic rings. The number of aromatic nitrogens is 7. The third-order valence-electron chi connectivity index (χ3n) is 5.66. The van der Waals surface area contributed by atoms with Crippen molar-refractivity contribution in [1.29, 1.82) is 0 Å². The number of aromatic amines is 1. The predicted octanol–water partition coefficient (Wildman–Crippen LogP) is 4.64. The quantitative estimate of drug-likeness (QED) is 0.340. The van der Waals surface area contributed by atoms with Gasteiger partial charge in [0.1, 0.15) is 0 Å². The maximum Gasteiger partial charge on any atom is 0.333 e. The summed E-state index contributed by atoms with van der Waals surface area (Å²) >= 11 is 3.57. The maximum absolute atomic E-state index is 13.4. The van der Waals surface area contributed by atoms with E-state index in [1.54, 1.807) is 10.8 Å². The monoisotopic (exact) mass is 515 g/mol. The predicted molar refractivity (Wildman–Crippen MR) is 134 cm³/mol. The summed E-state index contributed by atoms with van der Waals surface area (Å²) in [7, 11) is 0. The molecule has 0 radical (unpaired) electrons. The molecule has 170 valence electrons. The molecule has 0 aliphatic rings. The van der Waals surface area contributed by atoms with Crippen molar-refractivity contribution in [3.8, 4) is 28.3 Å². The van der Waals surface area contributed by atoms with E-state index in [9.17, 15) is 4.79 Å². The van der Waals surface area contributed by atoms with E-state index < -0.39 is 0 Å². The van der Waals surface area contributed by atoms with Gasteiger partial charge in [-0.3, -0.25) is 14.1 Å². The average molecular weight is 516 g/mol. The van der Waals surface area contributed by atoms with Crippen LogP contribution in [0.1, 0.15) is 24.6 Å². The Labute approximate surface area is 204 Å². The number of tetrazole rings is 1. The second-order valence-electron chi connectivity index (χ2n) is 7.91. The first kappa shape index (κ1) is 22.0. The van der Waals surface area contributed by atoms with Gasteiger partial charge in [0.15, 0.2) is 5.82 Å². The number of nitrogens with zero attached hydrogens (tertiary/aromatic N) is 6. The van der Waals surface area contributed by atoms with Crippen LogP contribution in [0.2, 0.25) is 0 Å². The molecule has 5 rings (SSSR count). The molecule has 0 aliphatic carbocycles. The highest BCUT2D eigenvalue weighted by atomic mass is 79.9. The third-order valence-corrected chi connectivity index (χ3v) is 6.33. The normalized spacial score (nSPS) is 11.1. The summed E-state index contributed by atoms with van der Waals surface area (Å²) < 4.78 is 4.45. The molecule has 0 bridgehead atoms. The standard InChI is InChI=1S/C25H22BrN7O/c1-2-6-19-16-33(22-9-4-3-8-21(22)26)25(34)32(19)15-17-10-12-18(13-11-17)23-20(7-5-14-27-23)24-28-30-31-29-24/h3-5,7-14,16H,2,6,15H2,1H3,(H,28,29,30,31). The number of aryl methyl sites for hydroxylation is 1. The lowest BCUT2D eigenvalue weighted by molar-refractivity contribution is 0.691. The molecule has 0 aliphatic heterocycles. The number of pyridine rings is 1. The largest absolute Gasteiger partial charge is 0.333 e. The molecular formula is C25H22BrN7O. The number of nitrogens with one attached hydrogen (secondary N) is 1. The number of rotatable bonds is 7. The third kappa shape index (κ3) is 4.22. The van der Waals surface area contributed by atoms with Crippen LogP contribution in [0.5, 0.6) is 0 Å². The van der Waals surface area contributed by atoms with E-state index in [1.165, 1.54) is 0 Å². The summed E-state index contributed by atoms with van der Waals surface area (Å²) in [5.74, 6) is 0.566. The first-order valence-electron chi connectivity index (χ1n) is 11.0. The van der Waals surface area contributed by atoms with Gasteiger partial charge >= 0.3 is 5.69 Å². The molecule has 34 heavy (non-hydrogen) atoms. The van der Waals surface area contributed by atoms with Crippen molar-refractivity contribution >= 4 is 15.9 Å². The Hall–Kier alpha value is -3.85. The lowest BCUT2D eigenvalue weighted by Gasteiger charge is -2.09. The van der Waals surface area contributed by atoms with E-state index in [-0.39, 0.29) is 5.69 Å². The summed E-state index contributed by atoms with van der Waals surface area (Å²) in [4.78, 5) is 17.9. The Morgan fingerprint density at radius 2 is 1.85 bits per heavy atom. The van der Waals surface area contributed by atoms with Crippen molar-refractivity contribution in [2.45, 2.75) is 26.3 Å². The van der Waals surface area contributed by atoms with Gasteiger partial charge in [0, 0.05) is 33.7 Å². The van der Waals surface area contributed by atoms with Gasteiger partial charge in [0.2, 0.25) is 0 Å². The molecular weight excluding hydrogens is 494 g/mol. The molecule has 2 aromatic carbocycles. The van der Waals surface area contributed by atoms with E-state index in [0.717, 1.165) is 51.1 Å². The van der Waals surface area contributed by atoms with Crippen molar-refractivity contribution in [2.24, 2.45) is 0 Å². The topological polar surface area (TPSA) is 94.3 Å². The van der Waals surface area contributed by atoms with Crippen LogP contribution >= 0.6 is 15.9 Å². The summed E-state index contributed by atoms with van der Waals surface area (Å²) in [6, 6.07) is 19.6. The van der Waals surface area contributed by atoms with E-state index >= 15 is 0 Å². The Balaban J connectivity index is 1.48. The number of halogens is 1. The van der Waals surface area contributed by atoms with Gasteiger partial charge in [-0.2, -0.15) is 0 Å². The summed E-state index contributed by atoms with van der Waals surface area (Å²) in [5, 5.41) is 14.2.